The Labute approximate surface area is 182 Å². The standard InChI is InChI=1S/C22H18ClN3O3S/c1-28-18-8-5-15(10-19(18)29-2)21(27)26(13-14-4-3-9-24-12-14)22-25-17-7-6-16(23)11-20(17)30-22/h3-12H,13H2,1-2H3. The summed E-state index contributed by atoms with van der Waals surface area (Å²) in [7, 11) is 3.09. The summed E-state index contributed by atoms with van der Waals surface area (Å²) >= 11 is 7.53. The molecule has 0 fully saturated rings. The van der Waals surface area contributed by atoms with Crippen LogP contribution in [-0.2, 0) is 6.54 Å². The number of hydrogen-bond acceptors (Lipinski definition) is 6. The number of fused-ring (bicyclic) bond motifs is 1. The van der Waals surface area contributed by atoms with E-state index in [1.54, 1.807) is 48.7 Å². The molecular weight excluding hydrogens is 422 g/mol. The van der Waals surface area contributed by atoms with Crippen LogP contribution in [0.3, 0.4) is 0 Å². The average Bonchev–Trinajstić information content (AvgIpc) is 3.20. The van der Waals surface area contributed by atoms with Crippen LogP contribution in [0.5, 0.6) is 11.5 Å². The molecule has 0 radical (unpaired) electrons. The van der Waals surface area contributed by atoms with Gasteiger partial charge in [0.15, 0.2) is 16.6 Å². The number of aromatic nitrogens is 2. The van der Waals surface area contributed by atoms with Crippen LogP contribution in [0.2, 0.25) is 5.02 Å². The zero-order valence-electron chi connectivity index (χ0n) is 16.3. The zero-order chi connectivity index (χ0) is 21.1. The van der Waals surface area contributed by atoms with Gasteiger partial charge in [-0.25, -0.2) is 4.98 Å². The molecule has 0 spiro atoms. The third-order valence-electron chi connectivity index (χ3n) is 4.51. The molecule has 0 atom stereocenters. The van der Waals surface area contributed by atoms with Gasteiger partial charge in [-0.2, -0.15) is 0 Å². The van der Waals surface area contributed by atoms with E-state index in [2.05, 4.69) is 9.97 Å². The van der Waals surface area contributed by atoms with Crippen LogP contribution in [0.4, 0.5) is 5.13 Å². The van der Waals surface area contributed by atoms with Gasteiger partial charge in [-0.1, -0.05) is 29.0 Å². The molecule has 0 aliphatic heterocycles. The van der Waals surface area contributed by atoms with Crippen molar-refractivity contribution in [3.8, 4) is 11.5 Å². The van der Waals surface area contributed by atoms with E-state index in [4.69, 9.17) is 21.1 Å². The Bertz CT molecular complexity index is 1200. The highest BCUT2D eigenvalue weighted by molar-refractivity contribution is 7.22. The van der Waals surface area contributed by atoms with Gasteiger partial charge < -0.3 is 9.47 Å². The molecule has 0 saturated heterocycles. The third kappa shape index (κ3) is 4.08. The zero-order valence-corrected chi connectivity index (χ0v) is 17.9. The van der Waals surface area contributed by atoms with Gasteiger partial charge in [0, 0.05) is 23.0 Å². The highest BCUT2D eigenvalue weighted by Gasteiger charge is 2.23. The van der Waals surface area contributed by atoms with Crippen LogP contribution in [0.15, 0.2) is 60.9 Å². The van der Waals surface area contributed by atoms with Crippen LogP contribution < -0.4 is 14.4 Å². The lowest BCUT2D eigenvalue weighted by Gasteiger charge is -2.20. The third-order valence-corrected chi connectivity index (χ3v) is 5.79. The largest absolute Gasteiger partial charge is 0.493 e. The van der Waals surface area contributed by atoms with Crippen LogP contribution in [-0.4, -0.2) is 30.1 Å². The number of amides is 1. The van der Waals surface area contributed by atoms with E-state index in [9.17, 15) is 4.79 Å². The van der Waals surface area contributed by atoms with Crippen LogP contribution in [0.25, 0.3) is 10.2 Å². The van der Waals surface area contributed by atoms with Crippen LogP contribution >= 0.6 is 22.9 Å². The van der Waals surface area contributed by atoms with Crippen molar-refractivity contribution in [3.05, 3.63) is 77.1 Å². The first-order valence-corrected chi connectivity index (χ1v) is 10.3. The fraction of sp³-hybridized carbons (Fsp3) is 0.136. The Hall–Kier alpha value is -3.16. The van der Waals surface area contributed by atoms with Gasteiger partial charge in [0.25, 0.3) is 5.91 Å². The molecule has 0 aliphatic rings. The second-order valence-electron chi connectivity index (χ2n) is 6.43. The van der Waals surface area contributed by atoms with Crippen molar-refractivity contribution in [1.29, 1.82) is 0 Å². The first-order chi connectivity index (χ1) is 14.6. The average molecular weight is 440 g/mol. The molecule has 0 aliphatic carbocycles. The number of pyridine rings is 1. The van der Waals surface area contributed by atoms with Gasteiger partial charge in [0.2, 0.25) is 0 Å². The Kier molecular flexibility index (Phi) is 5.83. The molecule has 0 N–H and O–H groups in total. The molecule has 0 saturated carbocycles. The molecule has 1 amide bonds. The number of methoxy groups -OCH3 is 2. The topological polar surface area (TPSA) is 64.5 Å². The molecule has 4 aromatic rings. The minimum absolute atomic E-state index is 0.204. The van der Waals surface area contributed by atoms with E-state index in [0.29, 0.717) is 33.8 Å². The number of nitrogens with zero attached hydrogens (tertiary/aromatic N) is 3. The van der Waals surface area contributed by atoms with Gasteiger partial charge in [0.05, 0.1) is 31.0 Å². The summed E-state index contributed by atoms with van der Waals surface area (Å²) in [5, 5.41) is 1.21. The van der Waals surface area contributed by atoms with Crippen molar-refractivity contribution in [1.82, 2.24) is 9.97 Å². The van der Waals surface area contributed by atoms with E-state index in [1.807, 2.05) is 24.3 Å². The van der Waals surface area contributed by atoms with E-state index < -0.39 is 0 Å². The maximum Gasteiger partial charge on any atom is 0.260 e. The normalized spacial score (nSPS) is 10.8. The van der Waals surface area contributed by atoms with Crippen molar-refractivity contribution < 1.29 is 14.3 Å². The second kappa shape index (κ2) is 8.69. The fourth-order valence-electron chi connectivity index (χ4n) is 3.03. The Balaban J connectivity index is 1.77. The number of thiazole rings is 1. The number of benzene rings is 2. The molecule has 0 bridgehead atoms. The molecule has 0 unspecified atom stereocenters. The first kappa shape index (κ1) is 20.1. The molecule has 6 nitrogen and oxygen atoms in total. The van der Waals surface area contributed by atoms with Gasteiger partial charge in [-0.3, -0.25) is 14.7 Å². The predicted octanol–water partition coefficient (Wildman–Crippen LogP) is 5.21. The smallest absolute Gasteiger partial charge is 0.260 e. The van der Waals surface area contributed by atoms with Crippen molar-refractivity contribution >= 4 is 44.2 Å². The molecular formula is C22H18ClN3O3S. The van der Waals surface area contributed by atoms with Gasteiger partial charge in [-0.15, -0.1) is 0 Å². The summed E-state index contributed by atoms with van der Waals surface area (Å²) in [6.45, 7) is 0.328. The summed E-state index contributed by atoms with van der Waals surface area (Å²) < 4.78 is 11.6. The quantitative estimate of drug-likeness (QED) is 0.412. The Morgan fingerprint density at radius 3 is 2.67 bits per heavy atom. The Morgan fingerprint density at radius 1 is 1.10 bits per heavy atom. The number of ether oxygens (including phenoxy) is 2. The number of rotatable bonds is 6. The lowest BCUT2D eigenvalue weighted by Crippen LogP contribution is -2.30. The van der Waals surface area contributed by atoms with E-state index in [-0.39, 0.29) is 5.91 Å². The fourth-order valence-corrected chi connectivity index (χ4v) is 4.27. The van der Waals surface area contributed by atoms with Crippen LogP contribution in [0.1, 0.15) is 15.9 Å². The molecule has 2 heterocycles. The molecule has 4 rings (SSSR count). The highest BCUT2D eigenvalue weighted by atomic mass is 35.5. The minimum Gasteiger partial charge on any atom is -0.493 e. The highest BCUT2D eigenvalue weighted by Crippen LogP contribution is 2.34. The number of hydrogen-bond donors (Lipinski definition) is 0. The van der Waals surface area contributed by atoms with Gasteiger partial charge in [0.1, 0.15) is 0 Å². The van der Waals surface area contributed by atoms with Crippen LogP contribution in [0, 0.1) is 0 Å². The lowest BCUT2D eigenvalue weighted by molar-refractivity contribution is 0.0984. The first-order valence-electron chi connectivity index (χ1n) is 9.08. The molecule has 2 aromatic carbocycles. The summed E-state index contributed by atoms with van der Waals surface area (Å²) in [5.41, 5.74) is 2.15. The van der Waals surface area contributed by atoms with Crippen molar-refractivity contribution in [2.45, 2.75) is 6.54 Å². The minimum atomic E-state index is -0.204. The molecule has 152 valence electrons. The maximum atomic E-state index is 13.5. The summed E-state index contributed by atoms with van der Waals surface area (Å²) in [6.07, 6.45) is 3.43. The monoisotopic (exact) mass is 439 g/mol. The van der Waals surface area contributed by atoms with Crippen molar-refractivity contribution in [3.63, 3.8) is 0 Å². The molecule has 8 heteroatoms. The number of carbonyl (C=O) groups excluding carboxylic acids is 1. The van der Waals surface area contributed by atoms with Gasteiger partial charge in [-0.05, 0) is 48.0 Å². The predicted molar refractivity (Wildman–Crippen MR) is 119 cm³/mol. The SMILES string of the molecule is COc1ccc(C(=O)N(Cc2cccnc2)c2nc3ccc(Cl)cc3s2)cc1OC. The van der Waals surface area contributed by atoms with Gasteiger partial charge >= 0.3 is 0 Å². The summed E-state index contributed by atoms with van der Waals surface area (Å²) in [6, 6.07) is 14.3. The van der Waals surface area contributed by atoms with E-state index in [0.717, 1.165) is 15.8 Å². The van der Waals surface area contributed by atoms with Crippen molar-refractivity contribution in [2.24, 2.45) is 0 Å². The lowest BCUT2D eigenvalue weighted by atomic mass is 10.1. The van der Waals surface area contributed by atoms with Crippen molar-refractivity contribution in [2.75, 3.05) is 19.1 Å². The number of halogens is 1. The van der Waals surface area contributed by atoms with E-state index >= 15 is 0 Å². The molecule has 30 heavy (non-hydrogen) atoms. The molecule has 2 aromatic heterocycles. The Morgan fingerprint density at radius 2 is 1.93 bits per heavy atom. The summed E-state index contributed by atoms with van der Waals surface area (Å²) in [5.74, 6) is 0.841. The number of anilines is 1. The van der Waals surface area contributed by atoms with E-state index in [1.165, 1.54) is 18.4 Å². The second-order valence-corrected chi connectivity index (χ2v) is 7.88. The maximum absolute atomic E-state index is 13.5. The summed E-state index contributed by atoms with van der Waals surface area (Å²) in [4.78, 5) is 24.0. The number of carbonyl (C=O) groups is 1.